The second-order valence-electron chi connectivity index (χ2n) is 8.08. The highest BCUT2D eigenvalue weighted by molar-refractivity contribution is 6.32. The molecule has 1 aliphatic heterocycles. The molecule has 3 aromatic carbocycles. The van der Waals surface area contributed by atoms with Crippen molar-refractivity contribution in [1.82, 2.24) is 4.90 Å². The average Bonchev–Trinajstić information content (AvgIpc) is 2.77. The van der Waals surface area contributed by atoms with Gasteiger partial charge < -0.3 is 9.84 Å². The molecule has 1 saturated heterocycles. The van der Waals surface area contributed by atoms with E-state index in [1.807, 2.05) is 48.5 Å². The molecule has 1 N–H and O–H groups in total. The van der Waals surface area contributed by atoms with E-state index in [-0.39, 0.29) is 12.0 Å². The standard InChI is InChI=1S/C26H28ClNO2/c27-24-16-22(11-12-26(24)30-19-21-9-5-2-6-10-21)15-23-18-28(14-13-25(23)29)17-20-7-3-1-4-8-20/h1-12,16,23,25,29H,13-15,17-19H2. The minimum atomic E-state index is -0.273. The number of aliphatic hydroxyl groups is 1. The second kappa shape index (κ2) is 10.1. The van der Waals surface area contributed by atoms with Crippen LogP contribution >= 0.6 is 11.6 Å². The molecule has 0 aliphatic carbocycles. The molecule has 4 rings (SSSR count). The molecule has 156 valence electrons. The predicted molar refractivity (Wildman–Crippen MR) is 122 cm³/mol. The summed E-state index contributed by atoms with van der Waals surface area (Å²) in [5.41, 5.74) is 3.56. The number of benzene rings is 3. The van der Waals surface area contributed by atoms with Crippen molar-refractivity contribution in [2.75, 3.05) is 13.1 Å². The maximum atomic E-state index is 10.6. The minimum absolute atomic E-state index is 0.203. The van der Waals surface area contributed by atoms with E-state index >= 15 is 0 Å². The quantitative estimate of drug-likeness (QED) is 0.558. The maximum Gasteiger partial charge on any atom is 0.138 e. The predicted octanol–water partition coefficient (Wildman–Crippen LogP) is 5.34. The zero-order chi connectivity index (χ0) is 20.8. The summed E-state index contributed by atoms with van der Waals surface area (Å²) in [6.45, 7) is 3.24. The van der Waals surface area contributed by atoms with Gasteiger partial charge in [-0.2, -0.15) is 0 Å². The Bertz CT molecular complexity index is 932. The van der Waals surface area contributed by atoms with Crippen molar-refractivity contribution in [1.29, 1.82) is 0 Å². The molecular formula is C26H28ClNO2. The Labute approximate surface area is 183 Å². The number of halogens is 1. The van der Waals surface area contributed by atoms with Crippen molar-refractivity contribution in [3.63, 3.8) is 0 Å². The Morgan fingerprint density at radius 2 is 1.60 bits per heavy atom. The van der Waals surface area contributed by atoms with Crippen molar-refractivity contribution in [3.8, 4) is 5.75 Å². The van der Waals surface area contributed by atoms with Gasteiger partial charge >= 0.3 is 0 Å². The molecule has 2 atom stereocenters. The molecule has 2 unspecified atom stereocenters. The zero-order valence-corrected chi connectivity index (χ0v) is 17.8. The van der Waals surface area contributed by atoms with Crippen LogP contribution in [0.15, 0.2) is 78.9 Å². The summed E-state index contributed by atoms with van der Waals surface area (Å²) in [5.74, 6) is 0.897. The van der Waals surface area contributed by atoms with E-state index in [2.05, 4.69) is 35.2 Å². The number of nitrogens with zero attached hydrogens (tertiary/aromatic N) is 1. The van der Waals surface area contributed by atoms with E-state index in [0.29, 0.717) is 17.4 Å². The SMILES string of the molecule is OC1CCN(Cc2ccccc2)CC1Cc1ccc(OCc2ccccc2)c(Cl)c1. The molecule has 3 nitrogen and oxygen atoms in total. The van der Waals surface area contributed by atoms with Crippen LogP contribution in [0.25, 0.3) is 0 Å². The lowest BCUT2D eigenvalue weighted by molar-refractivity contribution is 0.0239. The summed E-state index contributed by atoms with van der Waals surface area (Å²) in [7, 11) is 0. The molecule has 0 amide bonds. The van der Waals surface area contributed by atoms with E-state index in [4.69, 9.17) is 16.3 Å². The summed E-state index contributed by atoms with van der Waals surface area (Å²) < 4.78 is 5.88. The van der Waals surface area contributed by atoms with Gasteiger partial charge in [0.2, 0.25) is 0 Å². The van der Waals surface area contributed by atoms with Gasteiger partial charge in [-0.25, -0.2) is 0 Å². The van der Waals surface area contributed by atoms with Crippen LogP contribution in [0.5, 0.6) is 5.75 Å². The van der Waals surface area contributed by atoms with Gasteiger partial charge in [-0.05, 0) is 41.7 Å². The molecule has 0 aromatic heterocycles. The fourth-order valence-electron chi connectivity index (χ4n) is 4.11. The smallest absolute Gasteiger partial charge is 0.138 e. The first kappa shape index (κ1) is 20.9. The van der Waals surface area contributed by atoms with E-state index < -0.39 is 0 Å². The molecule has 0 radical (unpaired) electrons. The summed E-state index contributed by atoms with van der Waals surface area (Å²) in [6, 6.07) is 26.6. The highest BCUT2D eigenvalue weighted by Crippen LogP contribution is 2.29. The molecule has 0 saturated carbocycles. The Morgan fingerprint density at radius 3 is 2.30 bits per heavy atom. The third-order valence-electron chi connectivity index (χ3n) is 5.76. The topological polar surface area (TPSA) is 32.7 Å². The molecule has 1 fully saturated rings. The number of rotatable bonds is 7. The van der Waals surface area contributed by atoms with Crippen molar-refractivity contribution in [2.24, 2.45) is 5.92 Å². The molecule has 0 bridgehead atoms. The van der Waals surface area contributed by atoms with Gasteiger partial charge in [-0.15, -0.1) is 0 Å². The first-order valence-corrected chi connectivity index (χ1v) is 10.9. The van der Waals surface area contributed by atoms with E-state index in [1.54, 1.807) is 0 Å². The van der Waals surface area contributed by atoms with E-state index in [0.717, 1.165) is 43.6 Å². The summed E-state index contributed by atoms with van der Waals surface area (Å²) in [4.78, 5) is 2.44. The van der Waals surface area contributed by atoms with Gasteiger partial charge in [0, 0.05) is 25.6 Å². The molecule has 0 spiro atoms. The Hall–Kier alpha value is -2.33. The molecular weight excluding hydrogens is 394 g/mol. The van der Waals surface area contributed by atoms with Crippen molar-refractivity contribution in [3.05, 3.63) is 101 Å². The molecule has 30 heavy (non-hydrogen) atoms. The van der Waals surface area contributed by atoms with Gasteiger partial charge in [-0.3, -0.25) is 4.90 Å². The summed E-state index contributed by atoms with van der Waals surface area (Å²) >= 11 is 6.49. The highest BCUT2D eigenvalue weighted by atomic mass is 35.5. The van der Waals surface area contributed by atoms with Crippen molar-refractivity contribution < 1.29 is 9.84 Å². The third kappa shape index (κ3) is 5.63. The first-order valence-electron chi connectivity index (χ1n) is 10.6. The maximum absolute atomic E-state index is 10.6. The summed E-state index contributed by atoms with van der Waals surface area (Å²) in [5, 5.41) is 11.2. The normalized spacial score (nSPS) is 19.5. The van der Waals surface area contributed by atoms with Gasteiger partial charge in [-0.1, -0.05) is 78.3 Å². The highest BCUT2D eigenvalue weighted by Gasteiger charge is 2.28. The monoisotopic (exact) mass is 421 g/mol. The Balaban J connectivity index is 1.36. The van der Waals surface area contributed by atoms with Gasteiger partial charge in [0.15, 0.2) is 0 Å². The third-order valence-corrected chi connectivity index (χ3v) is 6.05. The average molecular weight is 422 g/mol. The van der Waals surface area contributed by atoms with E-state index in [1.165, 1.54) is 5.56 Å². The lowest BCUT2D eigenvalue weighted by atomic mass is 9.88. The fourth-order valence-corrected chi connectivity index (χ4v) is 4.37. The number of aliphatic hydroxyl groups excluding tert-OH is 1. The van der Waals surface area contributed by atoms with Crippen LogP contribution in [0.3, 0.4) is 0 Å². The van der Waals surface area contributed by atoms with Crippen LogP contribution in [0.1, 0.15) is 23.1 Å². The number of ether oxygens (including phenoxy) is 1. The Morgan fingerprint density at radius 1 is 0.900 bits per heavy atom. The number of piperidine rings is 1. The first-order chi connectivity index (χ1) is 14.7. The lowest BCUT2D eigenvalue weighted by Gasteiger charge is -2.36. The van der Waals surface area contributed by atoms with Crippen LogP contribution in [-0.4, -0.2) is 29.2 Å². The van der Waals surface area contributed by atoms with Crippen LogP contribution < -0.4 is 4.74 Å². The van der Waals surface area contributed by atoms with Gasteiger partial charge in [0.05, 0.1) is 11.1 Å². The number of hydrogen-bond donors (Lipinski definition) is 1. The lowest BCUT2D eigenvalue weighted by Crippen LogP contribution is -2.43. The minimum Gasteiger partial charge on any atom is -0.487 e. The van der Waals surface area contributed by atoms with Crippen LogP contribution in [0.2, 0.25) is 5.02 Å². The molecule has 1 heterocycles. The number of hydrogen-bond acceptors (Lipinski definition) is 3. The van der Waals surface area contributed by atoms with E-state index in [9.17, 15) is 5.11 Å². The molecule has 3 aromatic rings. The van der Waals surface area contributed by atoms with Crippen LogP contribution in [0, 0.1) is 5.92 Å². The second-order valence-corrected chi connectivity index (χ2v) is 8.49. The molecule has 1 aliphatic rings. The largest absolute Gasteiger partial charge is 0.487 e. The van der Waals surface area contributed by atoms with Crippen molar-refractivity contribution >= 4 is 11.6 Å². The van der Waals surface area contributed by atoms with Crippen LogP contribution in [-0.2, 0) is 19.6 Å². The van der Waals surface area contributed by atoms with Crippen LogP contribution in [0.4, 0.5) is 0 Å². The van der Waals surface area contributed by atoms with Gasteiger partial charge in [0.1, 0.15) is 12.4 Å². The van der Waals surface area contributed by atoms with Crippen molar-refractivity contribution in [2.45, 2.75) is 32.1 Å². The number of likely N-dealkylation sites (tertiary alicyclic amines) is 1. The fraction of sp³-hybridized carbons (Fsp3) is 0.308. The van der Waals surface area contributed by atoms with Gasteiger partial charge in [0.25, 0.3) is 0 Å². The Kier molecular flexibility index (Phi) is 7.06. The molecule has 4 heteroatoms. The zero-order valence-electron chi connectivity index (χ0n) is 17.1. The summed E-state index contributed by atoms with van der Waals surface area (Å²) in [6.07, 6.45) is 1.35.